The van der Waals surface area contributed by atoms with Gasteiger partial charge in [0.15, 0.2) is 5.16 Å². The minimum atomic E-state index is -2.55. The zero-order valence-electron chi connectivity index (χ0n) is 13.6. The normalized spacial score (nSPS) is 17.5. The molecule has 5 nitrogen and oxygen atoms in total. The maximum Gasteiger partial charge on any atom is 0.259 e. The maximum atomic E-state index is 13.1. The molecule has 0 atom stereocenters. The van der Waals surface area contributed by atoms with Gasteiger partial charge in [-0.3, -0.25) is 9.59 Å². The van der Waals surface area contributed by atoms with E-state index in [9.17, 15) is 18.4 Å². The molecule has 0 saturated heterocycles. The van der Waals surface area contributed by atoms with Crippen molar-refractivity contribution in [2.45, 2.75) is 36.8 Å². The number of hydrogen-bond donors (Lipinski definition) is 2. The molecule has 3 rings (SSSR count). The molecule has 0 bridgehead atoms. The van der Waals surface area contributed by atoms with Gasteiger partial charge in [0, 0.05) is 19.4 Å². The molecule has 1 aromatic carbocycles. The Labute approximate surface area is 147 Å². The number of nitrogens with one attached hydrogen (secondary N) is 2. The van der Waals surface area contributed by atoms with Gasteiger partial charge in [-0.1, -0.05) is 23.9 Å². The fourth-order valence-electron chi connectivity index (χ4n) is 2.88. The third-order valence-electron chi connectivity index (χ3n) is 4.36. The van der Waals surface area contributed by atoms with E-state index in [0.29, 0.717) is 35.4 Å². The predicted molar refractivity (Wildman–Crippen MR) is 93.0 cm³/mol. The highest BCUT2D eigenvalue weighted by molar-refractivity contribution is 7.99. The minimum absolute atomic E-state index is 0.104. The van der Waals surface area contributed by atoms with Crippen molar-refractivity contribution < 1.29 is 13.6 Å². The number of aromatic amines is 1. The summed E-state index contributed by atoms with van der Waals surface area (Å²) in [6, 6.07) is 6.99. The van der Waals surface area contributed by atoms with Gasteiger partial charge in [-0.2, -0.15) is 0 Å². The third-order valence-corrected chi connectivity index (χ3v) is 5.23. The lowest BCUT2D eigenvalue weighted by atomic mass is 9.87. The van der Waals surface area contributed by atoms with Gasteiger partial charge in [0.2, 0.25) is 11.8 Å². The van der Waals surface area contributed by atoms with Crippen LogP contribution in [0.15, 0.2) is 34.2 Å². The van der Waals surface area contributed by atoms with Crippen molar-refractivity contribution >= 4 is 28.6 Å². The fraction of sp³-hybridized carbons (Fsp3) is 0.471. The standard InChI is InChI=1S/C17H19F2N3O2S/c18-17(19)7-5-11(6-8-17)9-20-14(23)10-25-16-21-13-4-2-1-3-12(13)15(24)22-16/h1-4,11H,5-10H2,(H,20,23)(H,21,22,24). The van der Waals surface area contributed by atoms with Gasteiger partial charge in [0.25, 0.3) is 5.56 Å². The van der Waals surface area contributed by atoms with Gasteiger partial charge in [0.1, 0.15) is 0 Å². The number of amides is 1. The summed E-state index contributed by atoms with van der Waals surface area (Å²) in [6.07, 6.45) is 0.648. The third kappa shape index (κ3) is 4.78. The van der Waals surface area contributed by atoms with E-state index in [0.717, 1.165) is 11.8 Å². The molecule has 2 aromatic rings. The van der Waals surface area contributed by atoms with Crippen LogP contribution < -0.4 is 10.9 Å². The van der Waals surface area contributed by atoms with Crippen molar-refractivity contribution in [2.75, 3.05) is 12.3 Å². The molecule has 1 aliphatic carbocycles. The second kappa shape index (κ2) is 7.51. The van der Waals surface area contributed by atoms with E-state index in [1.807, 2.05) is 0 Å². The van der Waals surface area contributed by atoms with E-state index < -0.39 is 5.92 Å². The van der Waals surface area contributed by atoms with Crippen molar-refractivity contribution in [3.8, 4) is 0 Å². The van der Waals surface area contributed by atoms with Crippen molar-refractivity contribution in [2.24, 2.45) is 5.92 Å². The Bertz CT molecular complexity index is 815. The van der Waals surface area contributed by atoms with Crippen LogP contribution in [-0.2, 0) is 4.79 Å². The number of H-pyrrole nitrogens is 1. The summed E-state index contributed by atoms with van der Waals surface area (Å²) in [5, 5.41) is 3.67. The van der Waals surface area contributed by atoms with Crippen LogP contribution in [0.1, 0.15) is 25.7 Å². The highest BCUT2D eigenvalue weighted by atomic mass is 32.2. The molecule has 1 aromatic heterocycles. The molecule has 0 aliphatic heterocycles. The number of benzene rings is 1. The van der Waals surface area contributed by atoms with Gasteiger partial charge >= 0.3 is 0 Å². The summed E-state index contributed by atoms with van der Waals surface area (Å²) in [6.45, 7) is 0.414. The van der Waals surface area contributed by atoms with Crippen LogP contribution in [0.3, 0.4) is 0 Å². The summed E-state index contributed by atoms with van der Waals surface area (Å²) in [5.74, 6) is -2.53. The molecular weight excluding hydrogens is 348 g/mol. The summed E-state index contributed by atoms with van der Waals surface area (Å²) in [5.41, 5.74) is 0.342. The highest BCUT2D eigenvalue weighted by Gasteiger charge is 2.34. The number of fused-ring (bicyclic) bond motifs is 1. The molecule has 1 heterocycles. The SMILES string of the molecule is O=C(CSc1nc2ccccc2c(=O)[nH]1)NCC1CCC(F)(F)CC1. The van der Waals surface area contributed by atoms with Gasteiger partial charge in [-0.25, -0.2) is 13.8 Å². The molecule has 0 radical (unpaired) electrons. The summed E-state index contributed by atoms with van der Waals surface area (Å²) in [4.78, 5) is 30.9. The van der Waals surface area contributed by atoms with E-state index in [2.05, 4.69) is 15.3 Å². The molecule has 0 unspecified atom stereocenters. The van der Waals surface area contributed by atoms with E-state index in [1.165, 1.54) is 0 Å². The monoisotopic (exact) mass is 367 g/mol. The van der Waals surface area contributed by atoms with Crippen molar-refractivity contribution in [3.05, 3.63) is 34.6 Å². The molecule has 0 spiro atoms. The number of rotatable bonds is 5. The highest BCUT2D eigenvalue weighted by Crippen LogP contribution is 2.35. The number of carbonyl (C=O) groups excluding carboxylic acids is 1. The number of nitrogens with zero attached hydrogens (tertiary/aromatic N) is 1. The zero-order valence-corrected chi connectivity index (χ0v) is 14.4. The first-order valence-electron chi connectivity index (χ1n) is 8.19. The number of thioether (sulfide) groups is 1. The number of halogens is 2. The van der Waals surface area contributed by atoms with Crippen LogP contribution in [0, 0.1) is 5.92 Å². The van der Waals surface area contributed by atoms with Crippen LogP contribution in [0.25, 0.3) is 10.9 Å². The molecule has 1 saturated carbocycles. The van der Waals surface area contributed by atoms with Crippen LogP contribution in [0.5, 0.6) is 0 Å². The number of para-hydroxylation sites is 1. The summed E-state index contributed by atoms with van der Waals surface area (Å²) < 4.78 is 26.2. The van der Waals surface area contributed by atoms with Crippen LogP contribution in [0.2, 0.25) is 0 Å². The van der Waals surface area contributed by atoms with Crippen LogP contribution in [-0.4, -0.2) is 34.1 Å². The number of aromatic nitrogens is 2. The van der Waals surface area contributed by atoms with Crippen LogP contribution >= 0.6 is 11.8 Å². The Morgan fingerprint density at radius 2 is 2.04 bits per heavy atom. The Morgan fingerprint density at radius 3 is 2.80 bits per heavy atom. The number of alkyl halides is 2. The Morgan fingerprint density at radius 1 is 1.32 bits per heavy atom. The Hall–Kier alpha value is -1.96. The van der Waals surface area contributed by atoms with Crippen molar-refractivity contribution in [1.29, 1.82) is 0 Å². The topological polar surface area (TPSA) is 74.8 Å². The minimum Gasteiger partial charge on any atom is -0.355 e. The number of carbonyl (C=O) groups is 1. The summed E-state index contributed by atoms with van der Waals surface area (Å²) in [7, 11) is 0. The van der Waals surface area contributed by atoms with Crippen molar-refractivity contribution in [1.82, 2.24) is 15.3 Å². The second-order valence-corrected chi connectivity index (χ2v) is 7.24. The second-order valence-electron chi connectivity index (χ2n) is 6.28. The quantitative estimate of drug-likeness (QED) is 0.629. The smallest absolute Gasteiger partial charge is 0.259 e. The first-order valence-corrected chi connectivity index (χ1v) is 9.18. The molecule has 1 amide bonds. The van der Waals surface area contributed by atoms with E-state index in [-0.39, 0.29) is 36.0 Å². The van der Waals surface area contributed by atoms with E-state index in [1.54, 1.807) is 24.3 Å². The Kier molecular flexibility index (Phi) is 5.36. The zero-order chi connectivity index (χ0) is 17.9. The lowest BCUT2D eigenvalue weighted by Crippen LogP contribution is -2.34. The van der Waals surface area contributed by atoms with Crippen LogP contribution in [0.4, 0.5) is 8.78 Å². The lowest BCUT2D eigenvalue weighted by Gasteiger charge is -2.28. The summed E-state index contributed by atoms with van der Waals surface area (Å²) >= 11 is 1.15. The molecule has 1 fully saturated rings. The van der Waals surface area contributed by atoms with E-state index >= 15 is 0 Å². The lowest BCUT2D eigenvalue weighted by molar-refractivity contribution is -0.118. The fourth-order valence-corrected chi connectivity index (χ4v) is 3.58. The molecule has 2 N–H and O–H groups in total. The van der Waals surface area contributed by atoms with Gasteiger partial charge in [-0.15, -0.1) is 0 Å². The average molecular weight is 367 g/mol. The molecular formula is C17H19F2N3O2S. The van der Waals surface area contributed by atoms with Gasteiger partial charge in [-0.05, 0) is 30.9 Å². The average Bonchev–Trinajstić information content (AvgIpc) is 2.59. The van der Waals surface area contributed by atoms with Gasteiger partial charge < -0.3 is 10.3 Å². The first-order chi connectivity index (χ1) is 11.9. The first kappa shape index (κ1) is 17.8. The molecule has 8 heteroatoms. The largest absolute Gasteiger partial charge is 0.355 e. The predicted octanol–water partition coefficient (Wildman–Crippen LogP) is 2.96. The number of hydrogen-bond acceptors (Lipinski definition) is 4. The molecule has 25 heavy (non-hydrogen) atoms. The van der Waals surface area contributed by atoms with Crippen molar-refractivity contribution in [3.63, 3.8) is 0 Å². The molecule has 134 valence electrons. The van der Waals surface area contributed by atoms with E-state index in [4.69, 9.17) is 0 Å². The maximum absolute atomic E-state index is 13.1. The molecule has 1 aliphatic rings. The van der Waals surface area contributed by atoms with Gasteiger partial charge in [0.05, 0.1) is 16.7 Å². The Balaban J connectivity index is 1.49.